The molecule has 2 saturated heterocycles. The molecule has 3 fully saturated rings. The Bertz CT molecular complexity index is 793. The number of ether oxygens (including phenoxy) is 5. The number of aromatic nitrogens is 2. The van der Waals surface area contributed by atoms with Gasteiger partial charge in [0, 0.05) is 6.20 Å². The summed E-state index contributed by atoms with van der Waals surface area (Å²) in [6, 6.07) is 1.33. The van der Waals surface area contributed by atoms with Crippen molar-refractivity contribution < 1.29 is 38.5 Å². The van der Waals surface area contributed by atoms with Gasteiger partial charge in [0.25, 0.3) is 0 Å². The van der Waals surface area contributed by atoms with Crippen LogP contribution in [0, 0.1) is 0 Å². The Morgan fingerprint density at radius 1 is 1.33 bits per heavy atom. The third-order valence-electron chi connectivity index (χ3n) is 4.65. The molecule has 0 bridgehead atoms. The zero-order valence-corrected chi connectivity index (χ0v) is 14.0. The number of nitrogens with zero attached hydrogens (tertiary/aromatic N) is 2. The first-order valence-electron chi connectivity index (χ1n) is 8.40. The van der Waals surface area contributed by atoms with Crippen LogP contribution in [0.15, 0.2) is 17.1 Å². The molecule has 0 aromatic carbocycles. The summed E-state index contributed by atoms with van der Waals surface area (Å²) >= 11 is 0. The normalized spacial score (nSPS) is 29.3. The van der Waals surface area contributed by atoms with Gasteiger partial charge in [-0.25, -0.2) is 14.4 Å². The van der Waals surface area contributed by atoms with Crippen LogP contribution < -0.4 is 11.2 Å². The van der Waals surface area contributed by atoms with Gasteiger partial charge in [0.1, 0.15) is 18.8 Å². The van der Waals surface area contributed by atoms with Crippen molar-refractivity contribution in [2.45, 2.75) is 49.9 Å². The number of anilines is 1. The van der Waals surface area contributed by atoms with E-state index >= 15 is 0 Å². The molecule has 4 atom stereocenters. The average molecular weight is 383 g/mol. The molecule has 3 aliphatic rings. The molecular weight excluding hydrogens is 366 g/mol. The van der Waals surface area contributed by atoms with Gasteiger partial charge in [0.05, 0.1) is 0 Å². The zero-order chi connectivity index (χ0) is 19.0. The second-order valence-electron chi connectivity index (χ2n) is 6.33. The molecule has 0 spiro atoms. The molecular formula is C15H17N3O9. The summed E-state index contributed by atoms with van der Waals surface area (Å²) in [4.78, 5) is 38.9. The minimum absolute atomic E-state index is 0.0518. The Labute approximate surface area is 151 Å². The van der Waals surface area contributed by atoms with Gasteiger partial charge in [-0.15, -0.1) is 0 Å². The molecule has 0 amide bonds. The first kappa shape index (κ1) is 17.5. The first-order chi connectivity index (χ1) is 13.0. The lowest BCUT2D eigenvalue weighted by molar-refractivity contribution is -0.0850. The average Bonchev–Trinajstić information content (AvgIpc) is 3.14. The Hall–Kier alpha value is -2.86. The summed E-state index contributed by atoms with van der Waals surface area (Å²) < 4.78 is 27.1. The van der Waals surface area contributed by atoms with E-state index in [1.807, 2.05) is 0 Å². The number of hydrogen-bond acceptors (Lipinski definition) is 11. The summed E-state index contributed by atoms with van der Waals surface area (Å²) in [5.74, 6) is -0.0518. The number of hydrogen-bond donors (Lipinski definition) is 2. The van der Waals surface area contributed by atoms with Crippen molar-refractivity contribution in [3.05, 3.63) is 22.7 Å². The minimum Gasteiger partial charge on any atom is -0.431 e. The zero-order valence-electron chi connectivity index (χ0n) is 14.0. The van der Waals surface area contributed by atoms with Gasteiger partial charge in [0.2, 0.25) is 0 Å². The van der Waals surface area contributed by atoms with Crippen LogP contribution in [0.5, 0.6) is 0 Å². The van der Waals surface area contributed by atoms with Gasteiger partial charge in [0.15, 0.2) is 24.3 Å². The van der Waals surface area contributed by atoms with Crippen LogP contribution >= 0.6 is 0 Å². The first-order valence-corrected chi connectivity index (χ1v) is 8.40. The molecule has 12 heteroatoms. The van der Waals surface area contributed by atoms with Crippen LogP contribution in [-0.4, -0.2) is 58.1 Å². The maximum Gasteiger partial charge on any atom is 0.509 e. The van der Waals surface area contributed by atoms with Crippen molar-refractivity contribution in [3.8, 4) is 0 Å². The summed E-state index contributed by atoms with van der Waals surface area (Å²) in [6.07, 6.45) is -1.56. The second-order valence-corrected chi connectivity index (χ2v) is 6.33. The van der Waals surface area contributed by atoms with Gasteiger partial charge >= 0.3 is 18.0 Å². The lowest BCUT2D eigenvalue weighted by atomic mass is 9.96. The second kappa shape index (κ2) is 7.04. The van der Waals surface area contributed by atoms with Gasteiger partial charge in [-0.1, -0.05) is 0 Å². The highest BCUT2D eigenvalue weighted by molar-refractivity contribution is 5.63. The van der Waals surface area contributed by atoms with E-state index in [-0.39, 0.29) is 18.5 Å². The summed E-state index contributed by atoms with van der Waals surface area (Å²) in [7, 11) is 0. The van der Waals surface area contributed by atoms with E-state index in [1.54, 1.807) is 5.48 Å². The number of nitrogens with one attached hydrogen (secondary N) is 1. The molecule has 27 heavy (non-hydrogen) atoms. The highest BCUT2D eigenvalue weighted by atomic mass is 16.8. The largest absolute Gasteiger partial charge is 0.509 e. The molecule has 0 radical (unpaired) electrons. The molecule has 2 N–H and O–H groups in total. The molecule has 1 aromatic heterocycles. The monoisotopic (exact) mass is 383 g/mol. The summed E-state index contributed by atoms with van der Waals surface area (Å²) in [5.41, 5.74) is 1.02. The highest BCUT2D eigenvalue weighted by Gasteiger charge is 2.55. The summed E-state index contributed by atoms with van der Waals surface area (Å²) in [5, 5.41) is 8.81. The van der Waals surface area contributed by atoms with Crippen molar-refractivity contribution >= 4 is 18.1 Å². The van der Waals surface area contributed by atoms with Crippen molar-refractivity contribution in [1.82, 2.24) is 9.55 Å². The lowest BCUT2D eigenvalue weighted by Gasteiger charge is -2.25. The lowest BCUT2D eigenvalue weighted by Crippen LogP contribution is -2.35. The third kappa shape index (κ3) is 3.40. The van der Waals surface area contributed by atoms with E-state index < -0.39 is 42.5 Å². The number of rotatable bonds is 5. The Morgan fingerprint density at radius 3 is 2.78 bits per heavy atom. The van der Waals surface area contributed by atoms with Crippen molar-refractivity contribution in [2.75, 3.05) is 12.1 Å². The summed E-state index contributed by atoms with van der Waals surface area (Å²) in [6.45, 7) is -0.238. The van der Waals surface area contributed by atoms with Crippen molar-refractivity contribution in [2.24, 2.45) is 0 Å². The SMILES string of the molecule is O=C(OC[C@H]1O[C@@H](n2ccc(NO)nc2=O)[C@@H]2OC(=O)O[C@@H]21)OC1CCC1. The van der Waals surface area contributed by atoms with Crippen LogP contribution in [0.2, 0.25) is 0 Å². The third-order valence-corrected chi connectivity index (χ3v) is 4.65. The topological polar surface area (TPSA) is 147 Å². The van der Waals surface area contributed by atoms with Gasteiger partial charge in [-0.3, -0.25) is 15.3 Å². The van der Waals surface area contributed by atoms with Crippen molar-refractivity contribution in [1.29, 1.82) is 0 Å². The number of carbonyl (C=O) groups is 2. The molecule has 1 aliphatic carbocycles. The maximum absolute atomic E-state index is 12.1. The smallest absolute Gasteiger partial charge is 0.431 e. The predicted molar refractivity (Wildman–Crippen MR) is 83.0 cm³/mol. The highest BCUT2D eigenvalue weighted by Crippen LogP contribution is 2.37. The van der Waals surface area contributed by atoms with Gasteiger partial charge in [-0.05, 0) is 25.3 Å². The van der Waals surface area contributed by atoms with E-state index in [0.717, 1.165) is 23.8 Å². The maximum atomic E-state index is 12.1. The molecule has 2 aliphatic heterocycles. The van der Waals surface area contributed by atoms with Crippen LogP contribution in [0.4, 0.5) is 15.4 Å². The standard InChI is InChI=1S/C15H17N3O9/c19-13-16-9(17-22)4-5-18(13)12-11-10(26-15(21)27-11)8(25-12)6-23-14(20)24-7-2-1-3-7/h4-5,7-8,10-12,22H,1-3,6H2,(H,16,17,19)/t8-,10-,11-,12-/m1/s1. The van der Waals surface area contributed by atoms with Crippen LogP contribution in [0.1, 0.15) is 25.5 Å². The molecule has 12 nitrogen and oxygen atoms in total. The van der Waals surface area contributed by atoms with Crippen molar-refractivity contribution in [3.63, 3.8) is 0 Å². The van der Waals surface area contributed by atoms with Crippen LogP contribution in [0.25, 0.3) is 0 Å². The molecule has 1 aromatic rings. The van der Waals surface area contributed by atoms with Gasteiger partial charge < -0.3 is 23.7 Å². The molecule has 4 rings (SSSR count). The predicted octanol–water partition coefficient (Wildman–Crippen LogP) is 0.551. The Morgan fingerprint density at radius 2 is 2.11 bits per heavy atom. The fourth-order valence-electron chi connectivity index (χ4n) is 3.06. The van der Waals surface area contributed by atoms with Crippen LogP contribution in [0.3, 0.4) is 0 Å². The van der Waals surface area contributed by atoms with E-state index in [0.29, 0.717) is 0 Å². The quantitative estimate of drug-likeness (QED) is 0.542. The molecule has 146 valence electrons. The van der Waals surface area contributed by atoms with Crippen LogP contribution in [-0.2, 0) is 23.7 Å². The fraction of sp³-hybridized carbons (Fsp3) is 0.600. The molecule has 3 heterocycles. The van der Waals surface area contributed by atoms with E-state index in [1.165, 1.54) is 12.3 Å². The molecule has 0 unspecified atom stereocenters. The van der Waals surface area contributed by atoms with E-state index in [4.69, 9.17) is 28.9 Å². The number of carbonyl (C=O) groups excluding carboxylic acids is 2. The Balaban J connectivity index is 1.45. The minimum atomic E-state index is -1.02. The number of fused-ring (bicyclic) bond motifs is 1. The molecule has 1 saturated carbocycles. The van der Waals surface area contributed by atoms with E-state index in [2.05, 4.69) is 4.98 Å². The van der Waals surface area contributed by atoms with Gasteiger partial charge in [-0.2, -0.15) is 4.98 Å². The van der Waals surface area contributed by atoms with E-state index in [9.17, 15) is 14.4 Å². The fourth-order valence-corrected chi connectivity index (χ4v) is 3.06. The Kier molecular flexibility index (Phi) is 4.58.